The molecule has 1 saturated heterocycles. The Bertz CT molecular complexity index is 174. The van der Waals surface area contributed by atoms with Crippen molar-refractivity contribution in [2.75, 3.05) is 39.3 Å². The zero-order valence-corrected chi connectivity index (χ0v) is 11.8. The Kier molecular flexibility index (Phi) is 7.82. The SMILES string of the molecule is CCC(CC)N(CCN)CCCN1CCCC1. The van der Waals surface area contributed by atoms with Crippen LogP contribution in [0, 0.1) is 0 Å². The van der Waals surface area contributed by atoms with E-state index in [1.807, 2.05) is 0 Å². The number of hydrogen-bond acceptors (Lipinski definition) is 3. The van der Waals surface area contributed by atoms with Crippen LogP contribution in [-0.2, 0) is 0 Å². The van der Waals surface area contributed by atoms with Crippen molar-refractivity contribution in [2.45, 2.75) is 52.0 Å². The van der Waals surface area contributed by atoms with Crippen LogP contribution >= 0.6 is 0 Å². The summed E-state index contributed by atoms with van der Waals surface area (Å²) in [5, 5.41) is 0. The van der Waals surface area contributed by atoms with Crippen molar-refractivity contribution < 1.29 is 0 Å². The lowest BCUT2D eigenvalue weighted by Crippen LogP contribution is -2.39. The minimum absolute atomic E-state index is 0.733. The number of hydrogen-bond donors (Lipinski definition) is 1. The Balaban J connectivity index is 2.22. The van der Waals surface area contributed by atoms with E-state index < -0.39 is 0 Å². The lowest BCUT2D eigenvalue weighted by Gasteiger charge is -2.30. The zero-order chi connectivity index (χ0) is 12.5. The smallest absolute Gasteiger partial charge is 0.0108 e. The van der Waals surface area contributed by atoms with Crippen LogP contribution in [0.3, 0.4) is 0 Å². The van der Waals surface area contributed by atoms with E-state index in [9.17, 15) is 0 Å². The third-order valence-electron chi connectivity index (χ3n) is 3.99. The highest BCUT2D eigenvalue weighted by molar-refractivity contribution is 4.71. The maximum absolute atomic E-state index is 5.72. The van der Waals surface area contributed by atoms with Crippen molar-refractivity contribution in [2.24, 2.45) is 5.73 Å². The van der Waals surface area contributed by atoms with Gasteiger partial charge in [0.05, 0.1) is 0 Å². The van der Waals surface area contributed by atoms with Gasteiger partial charge in [0.2, 0.25) is 0 Å². The molecule has 1 fully saturated rings. The number of nitrogens with two attached hydrogens (primary N) is 1. The Morgan fingerprint density at radius 3 is 2.29 bits per heavy atom. The number of nitrogens with zero attached hydrogens (tertiary/aromatic N) is 2. The minimum atomic E-state index is 0.733. The second kappa shape index (κ2) is 8.90. The molecule has 1 aliphatic rings. The molecule has 0 saturated carbocycles. The van der Waals surface area contributed by atoms with E-state index >= 15 is 0 Å². The van der Waals surface area contributed by atoms with E-state index in [1.54, 1.807) is 0 Å². The summed E-state index contributed by atoms with van der Waals surface area (Å²) in [4.78, 5) is 5.20. The van der Waals surface area contributed by atoms with E-state index in [-0.39, 0.29) is 0 Å². The molecule has 0 aromatic carbocycles. The van der Waals surface area contributed by atoms with Gasteiger partial charge in [0.25, 0.3) is 0 Å². The van der Waals surface area contributed by atoms with Gasteiger partial charge in [-0.3, -0.25) is 4.90 Å². The normalized spacial score (nSPS) is 17.5. The predicted octanol–water partition coefficient (Wildman–Crippen LogP) is 1.92. The minimum Gasteiger partial charge on any atom is -0.329 e. The Labute approximate surface area is 107 Å². The standard InChI is InChI=1S/C14H31N3/c1-3-14(4-2)17(13-8-15)12-7-11-16-9-5-6-10-16/h14H,3-13,15H2,1-2H3. The highest BCUT2D eigenvalue weighted by Crippen LogP contribution is 2.11. The van der Waals surface area contributed by atoms with Crippen molar-refractivity contribution >= 4 is 0 Å². The summed E-state index contributed by atoms with van der Waals surface area (Å²) in [6.07, 6.45) is 6.61. The molecule has 3 heteroatoms. The van der Waals surface area contributed by atoms with Gasteiger partial charge in [-0.1, -0.05) is 13.8 Å². The van der Waals surface area contributed by atoms with Gasteiger partial charge >= 0.3 is 0 Å². The molecule has 0 aromatic rings. The van der Waals surface area contributed by atoms with Gasteiger partial charge in [-0.25, -0.2) is 0 Å². The molecule has 17 heavy (non-hydrogen) atoms. The number of likely N-dealkylation sites (tertiary alicyclic amines) is 1. The maximum Gasteiger partial charge on any atom is 0.0108 e. The Morgan fingerprint density at radius 2 is 1.76 bits per heavy atom. The van der Waals surface area contributed by atoms with Crippen LogP contribution < -0.4 is 5.73 Å². The molecule has 102 valence electrons. The molecule has 0 aliphatic carbocycles. The molecule has 0 atom stereocenters. The molecular weight excluding hydrogens is 210 g/mol. The summed E-state index contributed by atoms with van der Waals surface area (Å²) in [5.74, 6) is 0. The molecule has 0 aromatic heterocycles. The van der Waals surface area contributed by atoms with Crippen molar-refractivity contribution in [1.29, 1.82) is 0 Å². The largest absolute Gasteiger partial charge is 0.329 e. The average Bonchev–Trinajstić information content (AvgIpc) is 2.83. The van der Waals surface area contributed by atoms with Crippen molar-refractivity contribution in [3.8, 4) is 0 Å². The average molecular weight is 241 g/mol. The summed E-state index contributed by atoms with van der Waals surface area (Å²) < 4.78 is 0. The summed E-state index contributed by atoms with van der Waals surface area (Å²) in [6.45, 7) is 11.6. The fourth-order valence-corrected chi connectivity index (χ4v) is 2.95. The molecule has 1 heterocycles. The first-order valence-corrected chi connectivity index (χ1v) is 7.48. The lowest BCUT2D eigenvalue weighted by atomic mass is 10.1. The van der Waals surface area contributed by atoms with Gasteiger partial charge in [-0.2, -0.15) is 0 Å². The molecule has 1 aliphatic heterocycles. The lowest BCUT2D eigenvalue weighted by molar-refractivity contribution is 0.179. The highest BCUT2D eigenvalue weighted by Gasteiger charge is 2.15. The van der Waals surface area contributed by atoms with E-state index in [0.717, 1.165) is 19.1 Å². The molecule has 0 unspecified atom stereocenters. The Morgan fingerprint density at radius 1 is 1.12 bits per heavy atom. The monoisotopic (exact) mass is 241 g/mol. The fraction of sp³-hybridized carbons (Fsp3) is 1.00. The summed E-state index contributed by atoms with van der Waals surface area (Å²) in [6, 6.07) is 0.733. The second-order valence-corrected chi connectivity index (χ2v) is 5.20. The van der Waals surface area contributed by atoms with Crippen LogP contribution in [0.5, 0.6) is 0 Å². The van der Waals surface area contributed by atoms with Crippen LogP contribution in [0.15, 0.2) is 0 Å². The van der Waals surface area contributed by atoms with Crippen LogP contribution in [-0.4, -0.2) is 55.1 Å². The third kappa shape index (κ3) is 5.36. The molecule has 0 radical (unpaired) electrons. The first-order valence-electron chi connectivity index (χ1n) is 7.48. The number of rotatable bonds is 9. The van der Waals surface area contributed by atoms with Gasteiger partial charge in [-0.15, -0.1) is 0 Å². The molecule has 0 spiro atoms. The van der Waals surface area contributed by atoms with E-state index in [0.29, 0.717) is 0 Å². The molecular formula is C14H31N3. The summed E-state index contributed by atoms with van der Waals surface area (Å²) >= 11 is 0. The predicted molar refractivity (Wildman–Crippen MR) is 75.3 cm³/mol. The molecule has 3 nitrogen and oxygen atoms in total. The maximum atomic E-state index is 5.72. The van der Waals surface area contributed by atoms with Crippen LogP contribution in [0.4, 0.5) is 0 Å². The van der Waals surface area contributed by atoms with E-state index in [1.165, 1.54) is 58.3 Å². The topological polar surface area (TPSA) is 32.5 Å². The van der Waals surface area contributed by atoms with Gasteiger partial charge < -0.3 is 10.6 Å². The molecule has 0 amide bonds. The van der Waals surface area contributed by atoms with Crippen LogP contribution in [0.2, 0.25) is 0 Å². The summed E-state index contributed by atoms with van der Waals surface area (Å²) in [5.41, 5.74) is 5.72. The second-order valence-electron chi connectivity index (χ2n) is 5.20. The van der Waals surface area contributed by atoms with Crippen LogP contribution in [0.25, 0.3) is 0 Å². The van der Waals surface area contributed by atoms with Crippen LogP contribution in [0.1, 0.15) is 46.0 Å². The van der Waals surface area contributed by atoms with E-state index in [2.05, 4.69) is 23.6 Å². The van der Waals surface area contributed by atoms with E-state index in [4.69, 9.17) is 5.73 Å². The van der Waals surface area contributed by atoms with Gasteiger partial charge in [0.15, 0.2) is 0 Å². The quantitative estimate of drug-likeness (QED) is 0.669. The first kappa shape index (κ1) is 14.9. The Hall–Kier alpha value is -0.120. The van der Waals surface area contributed by atoms with Crippen molar-refractivity contribution in [1.82, 2.24) is 9.80 Å². The highest BCUT2D eigenvalue weighted by atomic mass is 15.2. The van der Waals surface area contributed by atoms with Crippen molar-refractivity contribution in [3.63, 3.8) is 0 Å². The van der Waals surface area contributed by atoms with Crippen molar-refractivity contribution in [3.05, 3.63) is 0 Å². The van der Waals surface area contributed by atoms with Gasteiger partial charge in [0.1, 0.15) is 0 Å². The summed E-state index contributed by atoms with van der Waals surface area (Å²) in [7, 11) is 0. The molecule has 1 rings (SSSR count). The third-order valence-corrected chi connectivity index (χ3v) is 3.99. The molecule has 0 bridgehead atoms. The zero-order valence-electron chi connectivity index (χ0n) is 11.8. The van der Waals surface area contributed by atoms with Gasteiger partial charge in [-0.05, 0) is 58.3 Å². The first-order chi connectivity index (χ1) is 8.31. The molecule has 2 N–H and O–H groups in total. The van der Waals surface area contributed by atoms with Gasteiger partial charge in [0, 0.05) is 19.1 Å². The fourth-order valence-electron chi connectivity index (χ4n) is 2.95.